The van der Waals surface area contributed by atoms with E-state index in [1.807, 2.05) is 97.3 Å². The van der Waals surface area contributed by atoms with Crippen LogP contribution in [0, 0.1) is 0 Å². The molecule has 15 nitrogen and oxygen atoms in total. The van der Waals surface area contributed by atoms with E-state index in [2.05, 4.69) is 44.9 Å². The summed E-state index contributed by atoms with van der Waals surface area (Å²) in [5.41, 5.74) is 24.3. The third kappa shape index (κ3) is 14.0. The van der Waals surface area contributed by atoms with E-state index in [0.29, 0.717) is 40.3 Å². The minimum Gasteiger partial charge on any atom is -0.545 e. The molecule has 2 aliphatic rings. The van der Waals surface area contributed by atoms with Gasteiger partial charge in [0.2, 0.25) is 0 Å². The zero-order chi connectivity index (χ0) is 49.7. The van der Waals surface area contributed by atoms with Crippen LogP contribution in [-0.2, 0) is 26.2 Å². The fraction of sp³-hybridized carbons (Fsp3) is 0.222. The van der Waals surface area contributed by atoms with Crippen molar-refractivity contribution in [2.75, 3.05) is 73.6 Å². The van der Waals surface area contributed by atoms with Gasteiger partial charge in [-0.1, -0.05) is 65.7 Å². The predicted molar refractivity (Wildman–Crippen MR) is 282 cm³/mol. The molecule has 72 heavy (non-hydrogen) atoms. The normalized spacial score (nSPS) is 13.8. The average molecular weight is 998 g/mol. The molecule has 10 rings (SSSR count). The number of nitrogens with two attached hydrogens (primary N) is 3. The number of aromatic nitrogens is 4. The number of nitrogens with one attached hydrogen (secondary N) is 1. The summed E-state index contributed by atoms with van der Waals surface area (Å²) in [6.45, 7) is 10.0. The Morgan fingerprint density at radius 3 is 1.46 bits per heavy atom. The first kappa shape index (κ1) is 53.0. The number of benzene rings is 4. The number of aromatic carboxylic acids is 1. The third-order valence-electron chi connectivity index (χ3n) is 12.6. The number of nitrogen functional groups attached to an aromatic ring is 2. The van der Waals surface area contributed by atoms with Gasteiger partial charge in [-0.15, -0.1) is 0 Å². The smallest absolute Gasteiger partial charge is 0.545 e. The molecule has 2 fully saturated rings. The summed E-state index contributed by atoms with van der Waals surface area (Å²) in [5, 5.41) is 18.9. The number of anilines is 4. The van der Waals surface area contributed by atoms with E-state index in [1.165, 1.54) is 17.4 Å². The van der Waals surface area contributed by atoms with E-state index in [-0.39, 0.29) is 30.3 Å². The second-order valence-corrected chi connectivity index (χ2v) is 18.0. The van der Waals surface area contributed by atoms with Crippen molar-refractivity contribution < 1.29 is 33.6 Å². The van der Waals surface area contributed by atoms with E-state index in [1.54, 1.807) is 43.0 Å². The minimum atomic E-state index is -1.20. The van der Waals surface area contributed by atoms with E-state index < -0.39 is 5.97 Å². The fourth-order valence-electron chi connectivity index (χ4n) is 8.56. The van der Waals surface area contributed by atoms with Crippen molar-refractivity contribution in [3.05, 3.63) is 190 Å². The van der Waals surface area contributed by atoms with Gasteiger partial charge in [0, 0.05) is 153 Å². The molecule has 2 saturated heterocycles. The molecule has 2 aliphatic heterocycles. The van der Waals surface area contributed by atoms with E-state index in [4.69, 9.17) is 40.4 Å². The van der Waals surface area contributed by atoms with Crippen LogP contribution in [0.1, 0.15) is 43.0 Å². The van der Waals surface area contributed by atoms with Crippen LogP contribution in [0.25, 0.3) is 21.5 Å². The first-order chi connectivity index (χ1) is 34.5. The first-order valence-electron chi connectivity index (χ1n) is 23.3. The number of carboxylic acids is 1. The molecule has 0 saturated carbocycles. The summed E-state index contributed by atoms with van der Waals surface area (Å²) in [7, 11) is 0. The first-order valence-corrected chi connectivity index (χ1v) is 24.0. The number of piperazine rings is 2. The van der Waals surface area contributed by atoms with Crippen molar-refractivity contribution in [3.63, 3.8) is 0 Å². The van der Waals surface area contributed by atoms with Crippen molar-refractivity contribution in [2.24, 2.45) is 5.73 Å². The molecule has 0 bridgehead atoms. The molecule has 0 spiro atoms. The Labute approximate surface area is 441 Å². The third-order valence-corrected chi connectivity index (χ3v) is 13.3. The van der Waals surface area contributed by atoms with Gasteiger partial charge in [-0.05, 0) is 105 Å². The molecule has 0 atom stereocenters. The average Bonchev–Trinajstić information content (AvgIpc) is 3.40. The van der Waals surface area contributed by atoms with Crippen molar-refractivity contribution in [3.8, 4) is 0 Å². The maximum absolute atomic E-state index is 12.7. The van der Waals surface area contributed by atoms with Crippen LogP contribution in [0.5, 0.6) is 0 Å². The number of carbonyl (C=O) groups is 2. The summed E-state index contributed by atoms with van der Waals surface area (Å²) >= 11 is 12.8. The predicted octanol–water partition coefficient (Wildman–Crippen LogP) is 3.82. The van der Waals surface area contributed by atoms with E-state index >= 15 is 0 Å². The number of hydrogen-bond donors (Lipinski definition) is 4. The van der Waals surface area contributed by atoms with Gasteiger partial charge in [0.1, 0.15) is 11.6 Å². The molecule has 0 radical (unpaired) electrons. The van der Waals surface area contributed by atoms with Crippen LogP contribution in [0.3, 0.4) is 0 Å². The van der Waals surface area contributed by atoms with Crippen molar-refractivity contribution in [2.45, 2.75) is 26.2 Å². The molecule has 0 unspecified atom stereocenters. The largest absolute Gasteiger partial charge is 1.00 e. The topological polar surface area (TPSA) is 212 Å². The Morgan fingerprint density at radius 1 is 0.556 bits per heavy atom. The Bertz CT molecular complexity index is 3090. The Kier molecular flexibility index (Phi) is 18.8. The molecule has 6 heterocycles. The molecule has 7 N–H and O–H groups in total. The summed E-state index contributed by atoms with van der Waals surface area (Å²) in [6.07, 6.45) is 10.7. The van der Waals surface area contributed by atoms with Gasteiger partial charge >= 0.3 is 18.9 Å². The second-order valence-electron chi connectivity index (χ2n) is 17.2. The molecule has 18 heteroatoms. The maximum Gasteiger partial charge on any atom is 1.00 e. The molecule has 4 aromatic heterocycles. The maximum atomic E-state index is 12.7. The number of carboxylic acid groups (broad SMARTS) is 1. The number of nitrogens with zero attached hydrogens (tertiary/aromatic N) is 8. The monoisotopic (exact) mass is 996 g/mol. The number of fused-ring (bicyclic) bond motifs is 2. The Balaban J connectivity index is 0.000000176. The van der Waals surface area contributed by atoms with Crippen LogP contribution in [-0.4, -0.2) is 94.0 Å². The van der Waals surface area contributed by atoms with Gasteiger partial charge in [-0.2, -0.15) is 0 Å². The minimum absolute atomic E-state index is 0. The van der Waals surface area contributed by atoms with E-state index in [0.717, 1.165) is 109 Å². The summed E-state index contributed by atoms with van der Waals surface area (Å²) < 4.78 is 0. The second kappa shape index (κ2) is 25.5. The number of pyridine rings is 4. The SMILES string of the molecule is NCc1ccc2c(N)nccc2c1.Nc1nccc2cc(CNC(=O)c3ccc(CN4CCN(c5ccncc5)CC4)c(Cl)c3)ccc12.O=C([O-])c1ccc(CN2CCN(c3ccncc3)CC2)c(Cl)c1.[Li+]. The van der Waals surface area contributed by atoms with Crippen LogP contribution in [0.15, 0.2) is 146 Å². The number of halogens is 2. The molecular formula is C54H55Cl2LiN12O3. The summed E-state index contributed by atoms with van der Waals surface area (Å²) in [6, 6.07) is 34.2. The summed E-state index contributed by atoms with van der Waals surface area (Å²) in [4.78, 5) is 49.2. The van der Waals surface area contributed by atoms with Gasteiger partial charge in [0.15, 0.2) is 0 Å². The number of hydrogen-bond acceptors (Lipinski definition) is 14. The number of amides is 1. The molecule has 364 valence electrons. The van der Waals surface area contributed by atoms with E-state index in [9.17, 15) is 14.7 Å². The Hall–Kier alpha value is -6.80. The van der Waals surface area contributed by atoms with Gasteiger partial charge in [0.25, 0.3) is 5.91 Å². The molecule has 1 amide bonds. The van der Waals surface area contributed by atoms with Crippen molar-refractivity contribution in [1.82, 2.24) is 35.1 Å². The van der Waals surface area contributed by atoms with Crippen LogP contribution >= 0.6 is 23.2 Å². The van der Waals surface area contributed by atoms with Gasteiger partial charge in [0.05, 0.1) is 5.97 Å². The standard InChI is InChI=1S/C27H27ClN6O.C17H18ClN3O2.C10H11N3.Li/c28-25-16-21(27(35)32-17-19-1-4-24-20(15-19)5-10-31-26(24)29)2-3-22(25)18-33-11-13-34(14-12-33)23-6-8-30-9-7-23;18-16-11-13(17(22)23)1-2-14(16)12-20-7-9-21(10-8-20)15-3-5-19-6-4-15;11-6-7-1-2-9-8(5-7)3-4-13-10(9)12;/h1-10,15-16H,11-14,17-18H2,(H2,29,31)(H,32,35);1-6,11H,7-10,12H2,(H,22,23);1-5H,6,11H2,(H2,12,13);/q;;;+1/p-1. The zero-order valence-corrected chi connectivity index (χ0v) is 41.6. The molecular weight excluding hydrogens is 943 g/mol. The molecule has 0 aliphatic carbocycles. The Morgan fingerprint density at radius 2 is 1.00 bits per heavy atom. The van der Waals surface area contributed by atoms with Crippen LogP contribution in [0.4, 0.5) is 23.0 Å². The van der Waals surface area contributed by atoms with Crippen LogP contribution < -0.4 is 56.3 Å². The summed E-state index contributed by atoms with van der Waals surface area (Å²) in [5.74, 6) is -0.285. The van der Waals surface area contributed by atoms with Crippen molar-refractivity contribution in [1.29, 1.82) is 0 Å². The number of carbonyl (C=O) groups excluding carboxylic acids is 2. The van der Waals surface area contributed by atoms with Gasteiger partial charge < -0.3 is 42.2 Å². The number of rotatable bonds is 11. The quantitative estimate of drug-likeness (QED) is 0.136. The van der Waals surface area contributed by atoms with Crippen LogP contribution in [0.2, 0.25) is 10.0 Å². The fourth-order valence-corrected chi connectivity index (χ4v) is 9.04. The molecule has 4 aromatic carbocycles. The molecule has 8 aromatic rings. The van der Waals surface area contributed by atoms with Gasteiger partial charge in [-0.25, -0.2) is 9.97 Å². The van der Waals surface area contributed by atoms with Gasteiger partial charge in [-0.3, -0.25) is 24.6 Å². The zero-order valence-electron chi connectivity index (χ0n) is 40.1. The van der Waals surface area contributed by atoms with Crippen molar-refractivity contribution >= 4 is 79.6 Å².